The summed E-state index contributed by atoms with van der Waals surface area (Å²) in [5.41, 5.74) is 8.18. The largest absolute Gasteiger partial charge is 0.383 e. The van der Waals surface area contributed by atoms with E-state index in [9.17, 15) is 14.0 Å². The fraction of sp³-hybridized carbons (Fsp3) is 0.182. The first-order chi connectivity index (χ1) is 20.6. The number of benzene rings is 2. The molecular weight excluding hydrogens is 550 g/mol. The molecule has 43 heavy (non-hydrogen) atoms. The van der Waals surface area contributed by atoms with Gasteiger partial charge in [0.25, 0.3) is 0 Å². The molecule has 0 saturated heterocycles. The van der Waals surface area contributed by atoms with Crippen LogP contribution in [-0.4, -0.2) is 25.1 Å². The molecule has 10 heteroatoms. The van der Waals surface area contributed by atoms with E-state index in [1.807, 2.05) is 27.0 Å². The Labute approximate surface area is 246 Å². The third-order valence-electron chi connectivity index (χ3n) is 7.20. The van der Waals surface area contributed by atoms with Gasteiger partial charge in [-0.3, -0.25) is 18.8 Å². The number of nitrogens with zero attached hydrogens (tertiary/aromatic N) is 5. The first-order valence-electron chi connectivity index (χ1n) is 13.6. The molecule has 2 N–H and O–H groups in total. The van der Waals surface area contributed by atoms with E-state index in [0.717, 1.165) is 11.1 Å². The number of nitrogen functional groups attached to an aromatic ring is 1. The number of ketones is 1. The van der Waals surface area contributed by atoms with E-state index in [2.05, 4.69) is 14.9 Å². The summed E-state index contributed by atoms with van der Waals surface area (Å²) in [6.07, 6.45) is 6.28. The van der Waals surface area contributed by atoms with Crippen molar-refractivity contribution in [1.82, 2.24) is 19.3 Å². The first kappa shape index (κ1) is 29.1. The van der Waals surface area contributed by atoms with Crippen molar-refractivity contribution >= 4 is 17.4 Å². The first-order valence-corrected chi connectivity index (χ1v) is 13.6. The Morgan fingerprint density at radius 3 is 2.37 bits per heavy atom. The average Bonchev–Trinajstić information content (AvgIpc) is 3.47. The number of Topliss-reactive ketones (excluding diaryl/α,β-unsaturated/α-hetero) is 1. The minimum Gasteiger partial charge on any atom is -0.383 e. The van der Waals surface area contributed by atoms with Gasteiger partial charge in [-0.15, -0.1) is 0 Å². The van der Waals surface area contributed by atoms with Crippen molar-refractivity contribution in [1.29, 1.82) is 0 Å². The Bertz CT molecular complexity index is 1950. The second-order valence-corrected chi connectivity index (χ2v) is 10.3. The highest BCUT2D eigenvalue weighted by Gasteiger charge is 2.24. The van der Waals surface area contributed by atoms with E-state index in [4.69, 9.17) is 12.3 Å². The third kappa shape index (κ3) is 5.70. The predicted molar refractivity (Wildman–Crippen MR) is 162 cm³/mol. The maximum absolute atomic E-state index is 15.5. The molecule has 0 atom stereocenters. The van der Waals surface area contributed by atoms with Crippen LogP contribution in [-0.2, 0) is 13.0 Å². The molecule has 0 fully saturated rings. The summed E-state index contributed by atoms with van der Waals surface area (Å²) in [7, 11) is 0. The zero-order valence-electron chi connectivity index (χ0n) is 23.8. The number of aryl methyl sites for hydroxylation is 1. The average molecular weight is 579 g/mol. The molecule has 0 radical (unpaired) electrons. The number of hydrogen-bond donors (Lipinski definition) is 1. The van der Waals surface area contributed by atoms with E-state index in [0.29, 0.717) is 23.2 Å². The molecule has 5 rings (SSSR count). The number of anilines is 1. The standard InChI is InChI=1S/C33H28F2N6O2/c1-5-40-17-23(16-39-40)22-14-26(32(36)38-15-22)25-11-6-20(12-28(25)35)13-29(42)27-18-41(19(2)3)33(37-4)30(31(27)43)21-7-9-24(34)10-8-21/h6-12,14-19H,5,13H2,1-3H3,(H2,36,38). The highest BCUT2D eigenvalue weighted by Crippen LogP contribution is 2.33. The van der Waals surface area contributed by atoms with Crippen molar-refractivity contribution in [3.05, 3.63) is 118 Å². The van der Waals surface area contributed by atoms with Gasteiger partial charge >= 0.3 is 0 Å². The number of nitrogens with two attached hydrogens (primary N) is 1. The van der Waals surface area contributed by atoms with Crippen LogP contribution in [0.5, 0.6) is 0 Å². The molecule has 0 aliphatic heterocycles. The van der Waals surface area contributed by atoms with Crippen molar-refractivity contribution in [2.45, 2.75) is 39.8 Å². The molecule has 0 aliphatic rings. The maximum atomic E-state index is 15.5. The minimum atomic E-state index is -0.640. The second kappa shape index (κ2) is 11.8. The number of aromatic nitrogens is 4. The molecular formula is C33H28F2N6O2. The molecule has 5 aromatic rings. The second-order valence-electron chi connectivity index (χ2n) is 10.3. The molecule has 0 bridgehead atoms. The zero-order chi connectivity index (χ0) is 30.8. The number of halogens is 2. The van der Waals surface area contributed by atoms with E-state index < -0.39 is 22.8 Å². The van der Waals surface area contributed by atoms with E-state index in [1.165, 1.54) is 42.6 Å². The quantitative estimate of drug-likeness (QED) is 0.160. The van der Waals surface area contributed by atoms with Gasteiger partial charge in [0, 0.05) is 47.6 Å². The number of pyridine rings is 2. The molecule has 3 heterocycles. The SMILES string of the molecule is [C-]#[N+]c1c(-c2ccc(F)cc2)c(=O)c(C(=O)Cc2ccc(-c3cc(-c4cnn(CC)c4)cnc3N)c(F)c2)cn1C(C)C. The minimum absolute atomic E-state index is 0.0171. The normalized spacial score (nSPS) is 11.1. The van der Waals surface area contributed by atoms with Crippen molar-refractivity contribution in [2.75, 3.05) is 5.73 Å². The van der Waals surface area contributed by atoms with Crippen LogP contribution in [0.25, 0.3) is 38.2 Å². The van der Waals surface area contributed by atoms with Gasteiger partial charge in [-0.25, -0.2) is 13.8 Å². The van der Waals surface area contributed by atoms with E-state index in [-0.39, 0.29) is 40.8 Å². The molecule has 2 aromatic carbocycles. The summed E-state index contributed by atoms with van der Waals surface area (Å²) in [5.74, 6) is -1.43. The van der Waals surface area contributed by atoms with Crippen LogP contribution >= 0.6 is 0 Å². The molecule has 216 valence electrons. The van der Waals surface area contributed by atoms with Gasteiger partial charge < -0.3 is 10.6 Å². The van der Waals surface area contributed by atoms with Gasteiger partial charge in [0.2, 0.25) is 5.82 Å². The third-order valence-corrected chi connectivity index (χ3v) is 7.20. The van der Waals surface area contributed by atoms with Gasteiger partial charge in [0.05, 0.1) is 24.0 Å². The van der Waals surface area contributed by atoms with Crippen LogP contribution in [0.4, 0.5) is 20.4 Å². The van der Waals surface area contributed by atoms with Crippen LogP contribution in [0, 0.1) is 18.2 Å². The summed E-state index contributed by atoms with van der Waals surface area (Å²) in [4.78, 5) is 34.9. The molecule has 8 nitrogen and oxygen atoms in total. The van der Waals surface area contributed by atoms with Crippen LogP contribution in [0.15, 0.2) is 78.1 Å². The lowest BCUT2D eigenvalue weighted by atomic mass is 9.96. The van der Waals surface area contributed by atoms with Gasteiger partial charge in [0.1, 0.15) is 23.0 Å². The molecule has 0 spiro atoms. The smallest absolute Gasteiger partial charge is 0.241 e. The summed E-state index contributed by atoms with van der Waals surface area (Å²) in [5, 5.41) is 4.27. The zero-order valence-corrected chi connectivity index (χ0v) is 23.8. The molecule has 0 amide bonds. The Kier molecular flexibility index (Phi) is 7.99. The maximum Gasteiger partial charge on any atom is 0.241 e. The molecule has 3 aromatic heterocycles. The summed E-state index contributed by atoms with van der Waals surface area (Å²) < 4.78 is 32.4. The van der Waals surface area contributed by atoms with Gasteiger partial charge in [-0.2, -0.15) is 5.10 Å². The van der Waals surface area contributed by atoms with Crippen molar-refractivity contribution < 1.29 is 13.6 Å². The summed E-state index contributed by atoms with van der Waals surface area (Å²) in [6, 6.07) is 11.1. The lowest BCUT2D eigenvalue weighted by molar-refractivity contribution is 0.0991. The van der Waals surface area contributed by atoms with E-state index in [1.54, 1.807) is 33.8 Å². The molecule has 0 unspecified atom stereocenters. The van der Waals surface area contributed by atoms with Gasteiger partial charge in [0.15, 0.2) is 11.2 Å². The van der Waals surface area contributed by atoms with Crippen molar-refractivity contribution in [2.24, 2.45) is 0 Å². The number of hydrogen-bond acceptors (Lipinski definition) is 5. The lowest BCUT2D eigenvalue weighted by Crippen LogP contribution is -2.22. The van der Waals surface area contributed by atoms with Crippen LogP contribution < -0.4 is 11.2 Å². The predicted octanol–water partition coefficient (Wildman–Crippen LogP) is 6.88. The fourth-order valence-electron chi connectivity index (χ4n) is 4.91. The highest BCUT2D eigenvalue weighted by molar-refractivity contribution is 5.99. The van der Waals surface area contributed by atoms with Gasteiger partial charge in [-0.05, 0) is 56.2 Å². The molecule has 0 aliphatic carbocycles. The summed E-state index contributed by atoms with van der Waals surface area (Å²) in [6.45, 7) is 14.0. The Morgan fingerprint density at radius 2 is 1.74 bits per heavy atom. The van der Waals surface area contributed by atoms with Crippen LogP contribution in [0.3, 0.4) is 0 Å². The van der Waals surface area contributed by atoms with Crippen molar-refractivity contribution in [3.8, 4) is 33.4 Å². The topological polar surface area (TPSA) is 100 Å². The number of carbonyl (C=O) groups is 1. The van der Waals surface area contributed by atoms with Crippen LogP contribution in [0.2, 0.25) is 0 Å². The fourth-order valence-corrected chi connectivity index (χ4v) is 4.91. The number of rotatable bonds is 8. The van der Waals surface area contributed by atoms with Crippen LogP contribution in [0.1, 0.15) is 42.7 Å². The Balaban J connectivity index is 1.50. The molecule has 0 saturated carbocycles. The van der Waals surface area contributed by atoms with E-state index >= 15 is 4.39 Å². The monoisotopic (exact) mass is 578 g/mol. The van der Waals surface area contributed by atoms with Gasteiger partial charge in [-0.1, -0.05) is 30.8 Å². The van der Waals surface area contributed by atoms with Crippen molar-refractivity contribution in [3.63, 3.8) is 0 Å². The Morgan fingerprint density at radius 1 is 1.00 bits per heavy atom. The lowest BCUT2D eigenvalue weighted by Gasteiger charge is -2.16. The number of carbonyl (C=O) groups excluding carboxylic acids is 1. The Hall–Kier alpha value is -5.43. The summed E-state index contributed by atoms with van der Waals surface area (Å²) >= 11 is 0. The highest BCUT2D eigenvalue weighted by atomic mass is 19.1.